The van der Waals surface area contributed by atoms with Crippen molar-refractivity contribution >= 4 is 11.8 Å². The highest BCUT2D eigenvalue weighted by Crippen LogP contribution is 2.67. The molecular formula is C60H38N2S. The summed E-state index contributed by atoms with van der Waals surface area (Å²) in [5, 5.41) is 0. The molecule has 9 aromatic carbocycles. The average Bonchev–Trinajstić information content (AvgIpc) is 3.65. The van der Waals surface area contributed by atoms with Crippen LogP contribution in [0.5, 0.6) is 0 Å². The van der Waals surface area contributed by atoms with Crippen LogP contribution in [0.15, 0.2) is 240 Å². The minimum absolute atomic E-state index is 0.505. The smallest absolute Gasteiger partial charge is 0.160 e. The third kappa shape index (κ3) is 5.15. The van der Waals surface area contributed by atoms with E-state index in [1.165, 1.54) is 71.0 Å². The monoisotopic (exact) mass is 818 g/mol. The molecule has 0 atom stereocenters. The Balaban J connectivity index is 1.04. The van der Waals surface area contributed by atoms with Crippen LogP contribution in [0.2, 0.25) is 0 Å². The highest BCUT2D eigenvalue weighted by Gasteiger charge is 2.58. The van der Waals surface area contributed by atoms with E-state index in [1.807, 2.05) is 36.0 Å². The molecular weight excluding hydrogens is 781 g/mol. The van der Waals surface area contributed by atoms with Gasteiger partial charge >= 0.3 is 0 Å². The molecule has 3 heteroatoms. The van der Waals surface area contributed by atoms with Crippen LogP contribution in [0.1, 0.15) is 44.5 Å². The number of fused-ring (bicyclic) bond motifs is 15. The average molecular weight is 819 g/mol. The number of hydrogen-bond acceptors (Lipinski definition) is 3. The lowest BCUT2D eigenvalue weighted by atomic mass is 9.51. The van der Waals surface area contributed by atoms with Crippen molar-refractivity contribution in [3.63, 3.8) is 0 Å². The molecule has 2 heterocycles. The normalized spacial score (nSPS) is 14.2. The minimum Gasteiger partial charge on any atom is -0.228 e. The molecule has 2 aliphatic carbocycles. The van der Waals surface area contributed by atoms with E-state index in [2.05, 4.69) is 206 Å². The second-order valence-electron chi connectivity index (χ2n) is 16.8. The van der Waals surface area contributed by atoms with Crippen molar-refractivity contribution in [3.05, 3.63) is 275 Å². The molecule has 10 aromatic rings. The highest BCUT2D eigenvalue weighted by molar-refractivity contribution is 7.99. The maximum Gasteiger partial charge on any atom is 0.160 e. The molecule has 2 spiro atoms. The van der Waals surface area contributed by atoms with Gasteiger partial charge in [0.2, 0.25) is 0 Å². The van der Waals surface area contributed by atoms with E-state index >= 15 is 0 Å². The minimum atomic E-state index is -0.561. The number of benzene rings is 9. The molecule has 0 amide bonds. The molecule has 1 aromatic heterocycles. The highest BCUT2D eigenvalue weighted by atomic mass is 32.2. The number of hydrogen-bond donors (Lipinski definition) is 0. The van der Waals surface area contributed by atoms with E-state index < -0.39 is 10.8 Å². The summed E-state index contributed by atoms with van der Waals surface area (Å²) in [6.45, 7) is 0. The van der Waals surface area contributed by atoms with Gasteiger partial charge in [0.1, 0.15) is 0 Å². The molecule has 1 aliphatic heterocycles. The first-order chi connectivity index (χ1) is 31.2. The van der Waals surface area contributed by atoms with Crippen LogP contribution in [0.4, 0.5) is 0 Å². The predicted octanol–water partition coefficient (Wildman–Crippen LogP) is 14.7. The maximum absolute atomic E-state index is 5.20. The molecule has 294 valence electrons. The van der Waals surface area contributed by atoms with Crippen molar-refractivity contribution in [1.82, 2.24) is 9.97 Å². The van der Waals surface area contributed by atoms with Crippen LogP contribution < -0.4 is 0 Å². The summed E-state index contributed by atoms with van der Waals surface area (Å²) in [6.07, 6.45) is 0. The van der Waals surface area contributed by atoms with Crippen molar-refractivity contribution in [2.24, 2.45) is 0 Å². The van der Waals surface area contributed by atoms with E-state index in [1.54, 1.807) is 0 Å². The zero-order chi connectivity index (χ0) is 41.5. The lowest BCUT2D eigenvalue weighted by molar-refractivity contribution is 0.605. The Kier molecular flexibility index (Phi) is 8.00. The van der Waals surface area contributed by atoms with Gasteiger partial charge in [-0.3, -0.25) is 0 Å². The zero-order valence-corrected chi connectivity index (χ0v) is 35.1. The Morgan fingerprint density at radius 2 is 0.698 bits per heavy atom. The number of aromatic nitrogens is 2. The van der Waals surface area contributed by atoms with E-state index in [0.29, 0.717) is 5.82 Å². The molecule has 0 bridgehead atoms. The van der Waals surface area contributed by atoms with Crippen molar-refractivity contribution in [2.45, 2.75) is 20.6 Å². The van der Waals surface area contributed by atoms with Crippen LogP contribution in [-0.4, -0.2) is 9.97 Å². The van der Waals surface area contributed by atoms with Gasteiger partial charge in [-0.1, -0.05) is 212 Å². The number of nitrogens with zero attached hydrogens (tertiary/aromatic N) is 2. The van der Waals surface area contributed by atoms with E-state index in [4.69, 9.17) is 9.97 Å². The van der Waals surface area contributed by atoms with Gasteiger partial charge < -0.3 is 0 Å². The van der Waals surface area contributed by atoms with Gasteiger partial charge in [0.15, 0.2) is 5.82 Å². The topological polar surface area (TPSA) is 25.8 Å². The summed E-state index contributed by atoms with van der Waals surface area (Å²) in [5.74, 6) is 0.712. The van der Waals surface area contributed by atoms with Crippen molar-refractivity contribution in [2.75, 3.05) is 0 Å². The molecule has 0 N–H and O–H groups in total. The summed E-state index contributed by atoms with van der Waals surface area (Å²) in [4.78, 5) is 12.9. The SMILES string of the molecule is c1ccc(-c2cc(-c3cccc(-c4ccc5c(c4)C4(c6ccccc6-5)c5ccccc5C5(c6ccccc6Sc6ccccc65)c5ccccc54)c3)nc(-c3ccccc3)n2)cc1. The van der Waals surface area contributed by atoms with Gasteiger partial charge in [0.25, 0.3) is 0 Å². The quantitative estimate of drug-likeness (QED) is 0.177. The molecule has 0 saturated heterocycles. The van der Waals surface area contributed by atoms with Crippen LogP contribution in [-0.2, 0) is 10.8 Å². The summed E-state index contributed by atoms with van der Waals surface area (Å²) in [7, 11) is 0. The Morgan fingerprint density at radius 3 is 1.32 bits per heavy atom. The first-order valence-electron chi connectivity index (χ1n) is 21.6. The molecule has 3 aliphatic rings. The van der Waals surface area contributed by atoms with E-state index in [0.717, 1.165) is 33.6 Å². The van der Waals surface area contributed by atoms with Gasteiger partial charge in [-0.15, -0.1) is 0 Å². The first-order valence-corrected chi connectivity index (χ1v) is 22.5. The lowest BCUT2D eigenvalue weighted by Gasteiger charge is -2.51. The van der Waals surface area contributed by atoms with Gasteiger partial charge in [-0.05, 0) is 97.1 Å². The largest absolute Gasteiger partial charge is 0.228 e. The summed E-state index contributed by atoms with van der Waals surface area (Å²) < 4.78 is 0. The third-order valence-corrected chi connectivity index (χ3v) is 14.8. The molecule has 0 saturated carbocycles. The fraction of sp³-hybridized carbons (Fsp3) is 0.0333. The van der Waals surface area contributed by atoms with E-state index in [-0.39, 0.29) is 0 Å². The number of rotatable bonds is 4. The molecule has 0 radical (unpaired) electrons. The fourth-order valence-corrected chi connectivity index (χ4v) is 12.3. The van der Waals surface area contributed by atoms with Gasteiger partial charge in [0.05, 0.1) is 22.2 Å². The predicted molar refractivity (Wildman–Crippen MR) is 257 cm³/mol. The summed E-state index contributed by atoms with van der Waals surface area (Å²) >= 11 is 1.89. The van der Waals surface area contributed by atoms with Crippen LogP contribution in [0.3, 0.4) is 0 Å². The molecule has 63 heavy (non-hydrogen) atoms. The first kappa shape index (κ1) is 36.1. The van der Waals surface area contributed by atoms with Gasteiger partial charge in [-0.25, -0.2) is 9.97 Å². The molecule has 13 rings (SSSR count). The Hall–Kier alpha value is -7.59. The van der Waals surface area contributed by atoms with Crippen molar-refractivity contribution in [3.8, 4) is 56.2 Å². The zero-order valence-electron chi connectivity index (χ0n) is 34.2. The molecule has 0 unspecified atom stereocenters. The Morgan fingerprint density at radius 1 is 0.270 bits per heavy atom. The Labute approximate surface area is 371 Å². The van der Waals surface area contributed by atoms with E-state index in [9.17, 15) is 0 Å². The van der Waals surface area contributed by atoms with Crippen LogP contribution >= 0.6 is 11.8 Å². The summed E-state index contributed by atoms with van der Waals surface area (Å²) in [5.41, 5.74) is 19.4. The van der Waals surface area contributed by atoms with Crippen LogP contribution in [0.25, 0.3) is 56.2 Å². The van der Waals surface area contributed by atoms with Crippen molar-refractivity contribution in [1.29, 1.82) is 0 Å². The molecule has 0 fully saturated rings. The van der Waals surface area contributed by atoms with Crippen molar-refractivity contribution < 1.29 is 0 Å². The fourth-order valence-electron chi connectivity index (χ4n) is 11.1. The Bertz CT molecular complexity index is 3290. The van der Waals surface area contributed by atoms with Crippen LogP contribution in [0, 0.1) is 0 Å². The lowest BCUT2D eigenvalue weighted by Crippen LogP contribution is -2.45. The van der Waals surface area contributed by atoms with Gasteiger partial charge in [-0.2, -0.15) is 0 Å². The third-order valence-electron chi connectivity index (χ3n) is 13.6. The molecule has 2 nitrogen and oxygen atoms in total. The second kappa shape index (κ2) is 14.0. The standard InChI is InChI=1S/C60H38N2S/c1-3-18-39(19-4-1)54-38-55(62-58(61-54)40-20-5-2-6-21-40)43-23-17-22-41(36-43)42-34-35-45-44-24-7-8-25-46(44)59(53(45)37-42)47-26-9-11-28-49(47)60(50-29-12-10-27-48(50)59)51-30-13-15-32-56(51)63-57-33-16-14-31-52(57)60/h1-38H. The summed E-state index contributed by atoms with van der Waals surface area (Å²) in [6, 6.07) is 84.8. The second-order valence-corrected chi connectivity index (χ2v) is 17.9. The maximum atomic E-state index is 5.20. The van der Waals surface area contributed by atoms with Gasteiger partial charge in [0, 0.05) is 26.5 Å².